The standard InChI is InChI=1S/C19H24FN3O2/c1-2-9-23(12-15-5-7-16(20)8-6-15)19(24)21-11-18-13-22-10-3-4-17(22)14-25-18/h1,5-8,17-18H,3-4,9-14H2,(H,21,24)/t17-,18+/m0/s1. The fourth-order valence-electron chi connectivity index (χ4n) is 3.44. The number of urea groups is 1. The van der Waals surface area contributed by atoms with E-state index in [0.717, 1.165) is 25.3 Å². The summed E-state index contributed by atoms with van der Waals surface area (Å²) < 4.78 is 18.9. The van der Waals surface area contributed by atoms with Crippen molar-refractivity contribution >= 4 is 6.03 Å². The number of fused-ring (bicyclic) bond motifs is 1. The molecule has 0 bridgehead atoms. The Labute approximate surface area is 148 Å². The molecule has 2 heterocycles. The van der Waals surface area contributed by atoms with E-state index in [-0.39, 0.29) is 24.5 Å². The van der Waals surface area contributed by atoms with Gasteiger partial charge in [0.1, 0.15) is 5.82 Å². The number of amides is 2. The molecule has 2 saturated heterocycles. The minimum Gasteiger partial charge on any atom is -0.373 e. The first-order valence-electron chi connectivity index (χ1n) is 8.72. The lowest BCUT2D eigenvalue weighted by Gasteiger charge is -2.35. The molecule has 0 radical (unpaired) electrons. The fraction of sp³-hybridized carbons (Fsp3) is 0.526. The van der Waals surface area contributed by atoms with Crippen LogP contribution in [0.1, 0.15) is 18.4 Å². The predicted molar refractivity (Wildman–Crippen MR) is 93.4 cm³/mol. The van der Waals surface area contributed by atoms with Crippen LogP contribution in [0.2, 0.25) is 0 Å². The average Bonchev–Trinajstić information content (AvgIpc) is 3.09. The van der Waals surface area contributed by atoms with Crippen molar-refractivity contribution in [2.45, 2.75) is 31.5 Å². The van der Waals surface area contributed by atoms with Gasteiger partial charge < -0.3 is 15.0 Å². The molecular weight excluding hydrogens is 321 g/mol. The molecule has 0 unspecified atom stereocenters. The molecular formula is C19H24FN3O2. The van der Waals surface area contributed by atoms with Crippen molar-refractivity contribution in [2.24, 2.45) is 0 Å². The van der Waals surface area contributed by atoms with Gasteiger partial charge in [-0.05, 0) is 37.1 Å². The van der Waals surface area contributed by atoms with Crippen LogP contribution >= 0.6 is 0 Å². The van der Waals surface area contributed by atoms with E-state index in [4.69, 9.17) is 11.2 Å². The largest absolute Gasteiger partial charge is 0.373 e. The summed E-state index contributed by atoms with van der Waals surface area (Å²) in [5.41, 5.74) is 0.834. The van der Waals surface area contributed by atoms with Gasteiger partial charge >= 0.3 is 6.03 Å². The molecule has 0 spiro atoms. The molecule has 0 saturated carbocycles. The van der Waals surface area contributed by atoms with Gasteiger partial charge in [0.2, 0.25) is 0 Å². The predicted octanol–water partition coefficient (Wildman–Crippen LogP) is 1.83. The zero-order valence-electron chi connectivity index (χ0n) is 14.3. The first kappa shape index (κ1) is 17.7. The Balaban J connectivity index is 1.50. The topological polar surface area (TPSA) is 44.8 Å². The van der Waals surface area contributed by atoms with E-state index in [2.05, 4.69) is 16.1 Å². The van der Waals surface area contributed by atoms with Crippen LogP contribution in [-0.4, -0.2) is 60.8 Å². The molecule has 5 nitrogen and oxygen atoms in total. The number of nitrogens with zero attached hydrogens (tertiary/aromatic N) is 2. The summed E-state index contributed by atoms with van der Waals surface area (Å²) in [5.74, 6) is 2.20. The van der Waals surface area contributed by atoms with E-state index in [0.29, 0.717) is 19.1 Å². The Kier molecular flexibility index (Phi) is 5.90. The van der Waals surface area contributed by atoms with Crippen LogP contribution < -0.4 is 5.32 Å². The molecule has 2 aliphatic rings. The van der Waals surface area contributed by atoms with Gasteiger partial charge in [0, 0.05) is 25.7 Å². The highest BCUT2D eigenvalue weighted by molar-refractivity contribution is 5.74. The maximum atomic E-state index is 13.0. The third-order valence-corrected chi connectivity index (χ3v) is 4.80. The van der Waals surface area contributed by atoms with Crippen LogP contribution in [0.15, 0.2) is 24.3 Å². The number of carbonyl (C=O) groups excluding carboxylic acids is 1. The summed E-state index contributed by atoms with van der Waals surface area (Å²) in [7, 11) is 0. The minimum atomic E-state index is -0.300. The number of hydrogen-bond acceptors (Lipinski definition) is 3. The summed E-state index contributed by atoms with van der Waals surface area (Å²) in [6, 6.07) is 6.39. The molecule has 1 aromatic rings. The second-order valence-corrected chi connectivity index (χ2v) is 6.62. The number of rotatable bonds is 5. The number of halogens is 1. The SMILES string of the molecule is C#CCN(Cc1ccc(F)cc1)C(=O)NC[C@@H]1CN2CCC[C@H]2CO1. The van der Waals surface area contributed by atoms with Crippen molar-refractivity contribution in [1.82, 2.24) is 15.1 Å². The Bertz CT molecular complexity index is 629. The first-order valence-corrected chi connectivity index (χ1v) is 8.72. The highest BCUT2D eigenvalue weighted by Crippen LogP contribution is 2.22. The van der Waals surface area contributed by atoms with Crippen LogP contribution in [0.5, 0.6) is 0 Å². The molecule has 2 atom stereocenters. The van der Waals surface area contributed by atoms with Gasteiger partial charge in [-0.25, -0.2) is 9.18 Å². The van der Waals surface area contributed by atoms with Crippen LogP contribution in [0.3, 0.4) is 0 Å². The lowest BCUT2D eigenvalue weighted by Crippen LogP contribution is -2.51. The molecule has 2 aliphatic heterocycles. The summed E-state index contributed by atoms with van der Waals surface area (Å²) in [5, 5.41) is 2.91. The summed E-state index contributed by atoms with van der Waals surface area (Å²) >= 11 is 0. The van der Waals surface area contributed by atoms with Gasteiger partial charge in [-0.15, -0.1) is 6.42 Å². The first-order chi connectivity index (χ1) is 12.2. The smallest absolute Gasteiger partial charge is 0.318 e. The van der Waals surface area contributed by atoms with E-state index >= 15 is 0 Å². The quantitative estimate of drug-likeness (QED) is 0.828. The molecule has 2 amide bonds. The summed E-state index contributed by atoms with van der Waals surface area (Å²) in [6.07, 6.45) is 7.81. The maximum absolute atomic E-state index is 13.0. The Morgan fingerprint density at radius 3 is 3.00 bits per heavy atom. The van der Waals surface area contributed by atoms with Crippen LogP contribution in [0, 0.1) is 18.2 Å². The van der Waals surface area contributed by atoms with Crippen LogP contribution in [0.4, 0.5) is 9.18 Å². The van der Waals surface area contributed by atoms with Crippen molar-refractivity contribution in [2.75, 3.05) is 32.8 Å². The number of nitrogens with one attached hydrogen (secondary N) is 1. The van der Waals surface area contributed by atoms with Crippen molar-refractivity contribution in [3.8, 4) is 12.3 Å². The number of terminal acetylenes is 1. The zero-order valence-corrected chi connectivity index (χ0v) is 14.3. The Morgan fingerprint density at radius 2 is 2.24 bits per heavy atom. The van der Waals surface area contributed by atoms with E-state index in [1.165, 1.54) is 29.9 Å². The number of ether oxygens (including phenoxy) is 1. The molecule has 0 aliphatic carbocycles. The van der Waals surface area contributed by atoms with Gasteiger partial charge in [0.15, 0.2) is 0 Å². The number of morpholine rings is 1. The summed E-state index contributed by atoms with van der Waals surface area (Å²) in [6.45, 7) is 3.72. The molecule has 1 aromatic carbocycles. The number of carbonyl (C=O) groups is 1. The van der Waals surface area contributed by atoms with E-state index in [1.807, 2.05) is 0 Å². The zero-order chi connectivity index (χ0) is 17.6. The summed E-state index contributed by atoms with van der Waals surface area (Å²) in [4.78, 5) is 16.4. The Hall–Kier alpha value is -2.10. The van der Waals surface area contributed by atoms with Gasteiger partial charge in [-0.2, -0.15) is 0 Å². The Morgan fingerprint density at radius 1 is 1.44 bits per heavy atom. The van der Waals surface area contributed by atoms with Crippen molar-refractivity contribution in [1.29, 1.82) is 0 Å². The van der Waals surface area contributed by atoms with E-state index < -0.39 is 0 Å². The monoisotopic (exact) mass is 345 g/mol. The van der Waals surface area contributed by atoms with Crippen molar-refractivity contribution in [3.63, 3.8) is 0 Å². The average molecular weight is 345 g/mol. The lowest BCUT2D eigenvalue weighted by atomic mass is 10.2. The second-order valence-electron chi connectivity index (χ2n) is 6.62. The van der Waals surface area contributed by atoms with E-state index in [9.17, 15) is 9.18 Å². The molecule has 2 fully saturated rings. The van der Waals surface area contributed by atoms with Crippen molar-refractivity contribution in [3.05, 3.63) is 35.6 Å². The highest BCUT2D eigenvalue weighted by atomic mass is 19.1. The highest BCUT2D eigenvalue weighted by Gasteiger charge is 2.32. The lowest BCUT2D eigenvalue weighted by molar-refractivity contribution is -0.0461. The van der Waals surface area contributed by atoms with Crippen LogP contribution in [-0.2, 0) is 11.3 Å². The van der Waals surface area contributed by atoms with Gasteiger partial charge in [0.05, 0.1) is 19.3 Å². The molecule has 25 heavy (non-hydrogen) atoms. The van der Waals surface area contributed by atoms with Crippen molar-refractivity contribution < 1.29 is 13.9 Å². The second kappa shape index (κ2) is 8.32. The molecule has 6 heteroatoms. The molecule has 134 valence electrons. The maximum Gasteiger partial charge on any atom is 0.318 e. The van der Waals surface area contributed by atoms with E-state index in [1.54, 1.807) is 12.1 Å². The molecule has 1 N–H and O–H groups in total. The van der Waals surface area contributed by atoms with Gasteiger partial charge in [-0.3, -0.25) is 4.90 Å². The minimum absolute atomic E-state index is 0.0109. The molecule has 3 rings (SSSR count). The van der Waals surface area contributed by atoms with Gasteiger partial charge in [-0.1, -0.05) is 18.1 Å². The fourth-order valence-corrected chi connectivity index (χ4v) is 3.44. The number of hydrogen-bond donors (Lipinski definition) is 1. The number of benzene rings is 1. The molecule has 0 aromatic heterocycles. The normalized spacial score (nSPS) is 22.9. The van der Waals surface area contributed by atoms with Crippen LogP contribution in [0.25, 0.3) is 0 Å². The van der Waals surface area contributed by atoms with Gasteiger partial charge in [0.25, 0.3) is 0 Å². The third-order valence-electron chi connectivity index (χ3n) is 4.80. The third kappa shape index (κ3) is 4.71.